The van der Waals surface area contributed by atoms with Crippen LogP contribution in [0.5, 0.6) is 0 Å². The molecule has 3 aromatic heterocycles. The lowest BCUT2D eigenvalue weighted by Gasteiger charge is -2.11. The van der Waals surface area contributed by atoms with E-state index in [0.29, 0.717) is 17.5 Å². The number of nitrogens with zero attached hydrogens (tertiary/aromatic N) is 3. The van der Waals surface area contributed by atoms with Gasteiger partial charge in [-0.1, -0.05) is 158 Å². The molecule has 0 aliphatic heterocycles. The van der Waals surface area contributed by atoms with Crippen LogP contribution in [0.3, 0.4) is 0 Å². The standard InChI is InChI=1S/C55H33N3O2/c1-3-11-34(12-4-1)36-21-23-37(24-22-36)53-56-54(58-55(57-53)46-17-10-20-49-52(46)44-15-7-8-18-47(44)59-49)42-28-26-38-31-41(27-25-39(38)32-42)43-16-9-19-48-51(43)45-30-29-40(33-50(45)60-48)35-13-5-2-6-14-35/h1-33H. The number of rotatable bonds is 6. The predicted octanol–water partition coefficient (Wildman–Crippen LogP) is 14.8. The van der Waals surface area contributed by atoms with Crippen LogP contribution >= 0.6 is 0 Å². The highest BCUT2D eigenvalue weighted by molar-refractivity contribution is 6.14. The Balaban J connectivity index is 0.966. The van der Waals surface area contributed by atoms with Crippen LogP contribution in [0.15, 0.2) is 209 Å². The zero-order valence-electron chi connectivity index (χ0n) is 32.2. The Bertz CT molecular complexity index is 3590. The number of benzene rings is 9. The van der Waals surface area contributed by atoms with Gasteiger partial charge in [-0.3, -0.25) is 0 Å². The van der Waals surface area contributed by atoms with Crippen LogP contribution in [0.2, 0.25) is 0 Å². The molecule has 9 aromatic carbocycles. The van der Waals surface area contributed by atoms with E-state index in [-0.39, 0.29) is 0 Å². The van der Waals surface area contributed by atoms with Crippen molar-refractivity contribution in [2.75, 3.05) is 0 Å². The fourth-order valence-corrected chi connectivity index (χ4v) is 8.59. The normalized spacial score (nSPS) is 11.7. The maximum atomic E-state index is 6.45. The predicted molar refractivity (Wildman–Crippen MR) is 245 cm³/mol. The van der Waals surface area contributed by atoms with Crippen LogP contribution in [-0.4, -0.2) is 15.0 Å². The molecule has 0 saturated carbocycles. The van der Waals surface area contributed by atoms with E-state index < -0.39 is 0 Å². The molecule has 5 nitrogen and oxygen atoms in total. The fraction of sp³-hybridized carbons (Fsp3) is 0. The second-order valence-electron chi connectivity index (χ2n) is 15.2. The van der Waals surface area contributed by atoms with Crippen LogP contribution in [0.25, 0.3) is 122 Å². The molecular weight excluding hydrogens is 735 g/mol. The number of aromatic nitrogens is 3. The Labute approximate surface area is 344 Å². The summed E-state index contributed by atoms with van der Waals surface area (Å²) in [6, 6.07) is 69.3. The monoisotopic (exact) mass is 767 g/mol. The summed E-state index contributed by atoms with van der Waals surface area (Å²) in [5, 5.41) is 6.44. The minimum absolute atomic E-state index is 0.589. The van der Waals surface area contributed by atoms with Gasteiger partial charge in [0.1, 0.15) is 22.3 Å². The zero-order valence-corrected chi connectivity index (χ0v) is 32.2. The summed E-state index contributed by atoms with van der Waals surface area (Å²) >= 11 is 0. The van der Waals surface area contributed by atoms with Crippen LogP contribution < -0.4 is 0 Å². The molecule has 0 radical (unpaired) electrons. The van der Waals surface area contributed by atoms with Gasteiger partial charge in [0.2, 0.25) is 0 Å². The van der Waals surface area contributed by atoms with Crippen molar-refractivity contribution in [2.24, 2.45) is 0 Å². The van der Waals surface area contributed by atoms with Gasteiger partial charge < -0.3 is 8.83 Å². The second kappa shape index (κ2) is 13.8. The Kier molecular flexibility index (Phi) is 7.78. The molecule has 280 valence electrons. The molecule has 0 N–H and O–H groups in total. The van der Waals surface area contributed by atoms with Crippen molar-refractivity contribution in [3.63, 3.8) is 0 Å². The molecule has 12 aromatic rings. The first-order valence-electron chi connectivity index (χ1n) is 20.1. The fourth-order valence-electron chi connectivity index (χ4n) is 8.59. The Morgan fingerprint density at radius 1 is 0.267 bits per heavy atom. The van der Waals surface area contributed by atoms with E-state index in [0.717, 1.165) is 99.2 Å². The highest BCUT2D eigenvalue weighted by atomic mass is 16.3. The number of furan rings is 2. The molecule has 5 heteroatoms. The molecule has 0 spiro atoms. The smallest absolute Gasteiger partial charge is 0.164 e. The van der Waals surface area contributed by atoms with E-state index in [1.807, 2.05) is 42.5 Å². The van der Waals surface area contributed by atoms with Crippen LogP contribution in [0.1, 0.15) is 0 Å². The molecule has 60 heavy (non-hydrogen) atoms. The largest absolute Gasteiger partial charge is 0.456 e. The molecule has 0 saturated heterocycles. The molecule has 0 unspecified atom stereocenters. The third-order valence-electron chi connectivity index (χ3n) is 11.5. The van der Waals surface area contributed by atoms with Crippen molar-refractivity contribution in [1.29, 1.82) is 0 Å². The second-order valence-corrected chi connectivity index (χ2v) is 15.2. The SMILES string of the molecule is c1ccc(-c2ccc(-c3nc(-c4ccc5cc(-c6cccc7oc8cc(-c9ccccc9)ccc8c67)ccc5c4)nc(-c4cccc5oc6ccccc6c45)n3)cc2)cc1. The lowest BCUT2D eigenvalue weighted by atomic mass is 9.96. The van der Waals surface area contributed by atoms with E-state index in [1.165, 1.54) is 5.56 Å². The van der Waals surface area contributed by atoms with Gasteiger partial charge in [0.25, 0.3) is 0 Å². The summed E-state index contributed by atoms with van der Waals surface area (Å²) in [4.78, 5) is 15.4. The molecule has 12 rings (SSSR count). The van der Waals surface area contributed by atoms with Gasteiger partial charge in [0.15, 0.2) is 17.5 Å². The number of hydrogen-bond donors (Lipinski definition) is 0. The van der Waals surface area contributed by atoms with Crippen molar-refractivity contribution in [2.45, 2.75) is 0 Å². The van der Waals surface area contributed by atoms with Crippen LogP contribution in [0, 0.1) is 0 Å². The zero-order chi connectivity index (χ0) is 39.6. The summed E-state index contributed by atoms with van der Waals surface area (Å²) < 4.78 is 12.7. The lowest BCUT2D eigenvalue weighted by molar-refractivity contribution is 0.668. The third kappa shape index (κ3) is 5.75. The maximum absolute atomic E-state index is 6.45. The van der Waals surface area contributed by atoms with Gasteiger partial charge in [-0.2, -0.15) is 0 Å². The van der Waals surface area contributed by atoms with E-state index in [9.17, 15) is 0 Å². The van der Waals surface area contributed by atoms with Gasteiger partial charge in [-0.05, 0) is 86.6 Å². The van der Waals surface area contributed by atoms with Crippen LogP contribution in [-0.2, 0) is 0 Å². The van der Waals surface area contributed by atoms with Crippen molar-refractivity contribution in [3.8, 4) is 67.5 Å². The highest BCUT2D eigenvalue weighted by Gasteiger charge is 2.19. The third-order valence-corrected chi connectivity index (χ3v) is 11.5. The van der Waals surface area contributed by atoms with Gasteiger partial charge in [0.05, 0.1) is 0 Å². The molecule has 0 amide bonds. The molecule has 0 aliphatic rings. The topological polar surface area (TPSA) is 65.0 Å². The van der Waals surface area contributed by atoms with E-state index in [4.69, 9.17) is 23.8 Å². The summed E-state index contributed by atoms with van der Waals surface area (Å²) in [5.74, 6) is 1.79. The molecule has 3 heterocycles. The molecule has 0 atom stereocenters. The van der Waals surface area contributed by atoms with Crippen molar-refractivity contribution in [3.05, 3.63) is 200 Å². The highest BCUT2D eigenvalue weighted by Crippen LogP contribution is 2.40. The minimum Gasteiger partial charge on any atom is -0.456 e. The summed E-state index contributed by atoms with van der Waals surface area (Å²) in [7, 11) is 0. The van der Waals surface area contributed by atoms with E-state index >= 15 is 0 Å². The summed E-state index contributed by atoms with van der Waals surface area (Å²) in [6.07, 6.45) is 0. The first-order chi connectivity index (χ1) is 29.7. The first-order valence-corrected chi connectivity index (χ1v) is 20.1. The van der Waals surface area contributed by atoms with Gasteiger partial charge >= 0.3 is 0 Å². The molecule has 0 fully saturated rings. The molecular formula is C55H33N3O2. The van der Waals surface area contributed by atoms with E-state index in [1.54, 1.807) is 0 Å². The summed E-state index contributed by atoms with van der Waals surface area (Å²) in [5.41, 5.74) is 12.9. The molecule has 0 aliphatic carbocycles. The van der Waals surface area contributed by atoms with Crippen molar-refractivity contribution >= 4 is 54.6 Å². The summed E-state index contributed by atoms with van der Waals surface area (Å²) in [6.45, 7) is 0. The number of para-hydroxylation sites is 1. The van der Waals surface area contributed by atoms with Crippen LogP contribution in [0.4, 0.5) is 0 Å². The number of hydrogen-bond acceptors (Lipinski definition) is 5. The van der Waals surface area contributed by atoms with Crippen molar-refractivity contribution < 1.29 is 8.83 Å². The van der Waals surface area contributed by atoms with Gasteiger partial charge in [-0.25, -0.2) is 15.0 Å². The van der Waals surface area contributed by atoms with Gasteiger partial charge in [-0.15, -0.1) is 0 Å². The molecule has 0 bridgehead atoms. The number of fused-ring (bicyclic) bond motifs is 7. The Morgan fingerprint density at radius 3 is 1.50 bits per heavy atom. The van der Waals surface area contributed by atoms with E-state index in [2.05, 4.69) is 158 Å². The first kappa shape index (κ1) is 33.9. The Hall–Kier alpha value is -8.15. The lowest BCUT2D eigenvalue weighted by Crippen LogP contribution is -2.00. The Morgan fingerprint density at radius 2 is 0.750 bits per heavy atom. The minimum atomic E-state index is 0.589. The van der Waals surface area contributed by atoms with Gasteiger partial charge in [0, 0.05) is 38.2 Å². The average molecular weight is 768 g/mol. The maximum Gasteiger partial charge on any atom is 0.164 e. The van der Waals surface area contributed by atoms with Crippen molar-refractivity contribution in [1.82, 2.24) is 15.0 Å². The quantitative estimate of drug-likeness (QED) is 0.169. The average Bonchev–Trinajstić information content (AvgIpc) is 3.90.